The Hall–Kier alpha value is -2.07. The summed E-state index contributed by atoms with van der Waals surface area (Å²) in [6.07, 6.45) is 0. The van der Waals surface area contributed by atoms with Crippen LogP contribution in [-0.2, 0) is 11.3 Å². The molecule has 1 aromatic carbocycles. The van der Waals surface area contributed by atoms with Gasteiger partial charge in [0.25, 0.3) is 0 Å². The average Bonchev–Trinajstić information content (AvgIpc) is 2.72. The monoisotopic (exact) mass is 259 g/mol. The number of hydrogen-bond acceptors (Lipinski definition) is 3. The van der Waals surface area contributed by atoms with Gasteiger partial charge in [-0.1, -0.05) is 24.3 Å². The number of esters is 1. The number of aryl methyl sites for hydroxylation is 2. The molecule has 0 radical (unpaired) electrons. The maximum absolute atomic E-state index is 11.9. The Morgan fingerprint density at radius 3 is 2.37 bits per heavy atom. The third-order valence-corrected chi connectivity index (χ3v) is 3.19. The predicted octanol–water partition coefficient (Wildman–Crippen LogP) is 2.58. The van der Waals surface area contributed by atoms with Crippen molar-refractivity contribution in [3.63, 3.8) is 0 Å². The maximum Gasteiger partial charge on any atom is 0.340 e. The molecule has 100 valence electrons. The first kappa shape index (κ1) is 13.4. The number of aromatic nitrogens is 1. The van der Waals surface area contributed by atoms with Crippen LogP contribution in [0.3, 0.4) is 0 Å². The van der Waals surface area contributed by atoms with Gasteiger partial charge in [0.2, 0.25) is 0 Å². The minimum atomic E-state index is -0.344. The number of rotatable bonds is 3. The van der Waals surface area contributed by atoms with Crippen molar-refractivity contribution in [2.75, 3.05) is 7.11 Å². The van der Waals surface area contributed by atoms with Gasteiger partial charge in [-0.3, -0.25) is 0 Å². The molecular formula is C15H17NO3. The van der Waals surface area contributed by atoms with Crippen molar-refractivity contribution in [2.45, 2.75) is 20.5 Å². The summed E-state index contributed by atoms with van der Waals surface area (Å²) in [4.78, 5) is 15.1. The van der Waals surface area contributed by atoms with Gasteiger partial charge in [0.1, 0.15) is 0 Å². The van der Waals surface area contributed by atoms with E-state index in [0.29, 0.717) is 5.56 Å². The summed E-state index contributed by atoms with van der Waals surface area (Å²) in [6, 6.07) is 7.48. The van der Waals surface area contributed by atoms with Crippen LogP contribution < -0.4 is 0 Å². The zero-order valence-electron chi connectivity index (χ0n) is 11.3. The molecule has 19 heavy (non-hydrogen) atoms. The number of hydrogen-bond donors (Lipinski definition) is 2. The zero-order chi connectivity index (χ0) is 14.0. The molecule has 0 fully saturated rings. The number of aromatic amines is 1. The quantitative estimate of drug-likeness (QED) is 0.833. The number of carbonyl (C=O) groups is 1. The third-order valence-electron chi connectivity index (χ3n) is 3.19. The van der Waals surface area contributed by atoms with E-state index in [9.17, 15) is 4.79 Å². The van der Waals surface area contributed by atoms with E-state index >= 15 is 0 Å². The lowest BCUT2D eigenvalue weighted by Gasteiger charge is -2.06. The molecule has 2 rings (SSSR count). The van der Waals surface area contributed by atoms with Crippen LogP contribution in [0, 0.1) is 13.8 Å². The topological polar surface area (TPSA) is 62.3 Å². The van der Waals surface area contributed by atoms with E-state index in [0.717, 1.165) is 28.1 Å². The van der Waals surface area contributed by atoms with Crippen molar-refractivity contribution < 1.29 is 14.6 Å². The molecule has 2 N–H and O–H groups in total. The van der Waals surface area contributed by atoms with E-state index in [4.69, 9.17) is 9.84 Å². The van der Waals surface area contributed by atoms with Crippen LogP contribution in [0.5, 0.6) is 0 Å². The average molecular weight is 259 g/mol. The molecule has 0 amide bonds. The summed E-state index contributed by atoms with van der Waals surface area (Å²) in [5.41, 5.74) is 4.92. The zero-order valence-corrected chi connectivity index (χ0v) is 11.3. The largest absolute Gasteiger partial charge is 0.465 e. The highest BCUT2D eigenvalue weighted by atomic mass is 16.5. The number of aliphatic hydroxyl groups excluding tert-OH is 1. The SMILES string of the molecule is COC(=O)c1c(C)[nH]c(C)c1-c1ccc(CO)cc1. The standard InChI is InChI=1S/C15H17NO3/c1-9-13(12-6-4-11(8-17)5-7-12)14(10(2)16-9)15(18)19-3/h4-7,16-17H,8H2,1-3H3. The molecule has 0 unspecified atom stereocenters. The van der Waals surface area contributed by atoms with Gasteiger partial charge in [0.05, 0.1) is 19.3 Å². The minimum Gasteiger partial charge on any atom is -0.465 e. The second-order valence-electron chi connectivity index (χ2n) is 4.47. The molecule has 0 saturated heterocycles. The van der Waals surface area contributed by atoms with Gasteiger partial charge in [-0.15, -0.1) is 0 Å². The lowest BCUT2D eigenvalue weighted by atomic mass is 9.99. The molecule has 4 heteroatoms. The van der Waals surface area contributed by atoms with Gasteiger partial charge in [-0.25, -0.2) is 4.79 Å². The number of benzene rings is 1. The molecule has 0 atom stereocenters. The molecule has 0 aliphatic carbocycles. The second-order valence-corrected chi connectivity index (χ2v) is 4.47. The van der Waals surface area contributed by atoms with Crippen LogP contribution in [0.25, 0.3) is 11.1 Å². The maximum atomic E-state index is 11.9. The fourth-order valence-corrected chi connectivity index (χ4v) is 2.28. The number of carbonyl (C=O) groups excluding carboxylic acids is 1. The van der Waals surface area contributed by atoms with Crippen molar-refractivity contribution in [3.05, 3.63) is 46.8 Å². The van der Waals surface area contributed by atoms with Gasteiger partial charge in [-0.2, -0.15) is 0 Å². The predicted molar refractivity (Wildman–Crippen MR) is 73.0 cm³/mol. The lowest BCUT2D eigenvalue weighted by Crippen LogP contribution is -2.03. The number of methoxy groups -OCH3 is 1. The number of ether oxygens (including phenoxy) is 1. The number of aliphatic hydroxyl groups is 1. The van der Waals surface area contributed by atoms with Crippen LogP contribution in [0.4, 0.5) is 0 Å². The highest BCUT2D eigenvalue weighted by Gasteiger charge is 2.20. The van der Waals surface area contributed by atoms with Gasteiger partial charge in [-0.05, 0) is 25.0 Å². The van der Waals surface area contributed by atoms with Crippen molar-refractivity contribution in [3.8, 4) is 11.1 Å². The Kier molecular flexibility index (Phi) is 3.71. The Morgan fingerprint density at radius 1 is 1.21 bits per heavy atom. The molecule has 0 saturated carbocycles. The summed E-state index contributed by atoms with van der Waals surface area (Å²) < 4.78 is 4.84. The fourth-order valence-electron chi connectivity index (χ4n) is 2.28. The first-order chi connectivity index (χ1) is 9.08. The first-order valence-corrected chi connectivity index (χ1v) is 6.06. The van der Waals surface area contributed by atoms with Crippen LogP contribution in [-0.4, -0.2) is 23.2 Å². The number of nitrogens with one attached hydrogen (secondary N) is 1. The van der Waals surface area contributed by atoms with Crippen LogP contribution in [0.2, 0.25) is 0 Å². The van der Waals surface area contributed by atoms with Gasteiger partial charge >= 0.3 is 5.97 Å². The molecule has 2 aromatic rings. The fraction of sp³-hybridized carbons (Fsp3) is 0.267. The molecule has 0 aliphatic rings. The summed E-state index contributed by atoms with van der Waals surface area (Å²) in [7, 11) is 1.38. The van der Waals surface area contributed by atoms with E-state index < -0.39 is 0 Å². The molecule has 0 spiro atoms. The summed E-state index contributed by atoms with van der Waals surface area (Å²) in [5.74, 6) is -0.344. The Bertz CT molecular complexity index is 597. The Labute approximate surface area is 112 Å². The Balaban J connectivity index is 2.57. The van der Waals surface area contributed by atoms with Gasteiger partial charge in [0, 0.05) is 17.0 Å². The van der Waals surface area contributed by atoms with E-state index in [2.05, 4.69) is 4.98 Å². The van der Waals surface area contributed by atoms with Crippen molar-refractivity contribution in [1.29, 1.82) is 0 Å². The van der Waals surface area contributed by atoms with Crippen molar-refractivity contribution >= 4 is 5.97 Å². The molecule has 4 nitrogen and oxygen atoms in total. The van der Waals surface area contributed by atoms with Gasteiger partial charge < -0.3 is 14.8 Å². The van der Waals surface area contributed by atoms with Crippen LogP contribution >= 0.6 is 0 Å². The Morgan fingerprint density at radius 2 is 1.84 bits per heavy atom. The van der Waals surface area contributed by atoms with E-state index in [1.165, 1.54) is 7.11 Å². The second kappa shape index (κ2) is 5.28. The van der Waals surface area contributed by atoms with E-state index in [1.54, 1.807) is 0 Å². The molecule has 1 heterocycles. The van der Waals surface area contributed by atoms with Crippen LogP contribution in [0.1, 0.15) is 27.3 Å². The smallest absolute Gasteiger partial charge is 0.340 e. The lowest BCUT2D eigenvalue weighted by molar-refractivity contribution is 0.0601. The third kappa shape index (κ3) is 2.39. The summed E-state index contributed by atoms with van der Waals surface area (Å²) in [5, 5.41) is 9.06. The highest BCUT2D eigenvalue weighted by molar-refractivity contribution is 5.99. The van der Waals surface area contributed by atoms with Crippen LogP contribution in [0.15, 0.2) is 24.3 Å². The molecular weight excluding hydrogens is 242 g/mol. The van der Waals surface area contributed by atoms with E-state index in [1.807, 2.05) is 38.1 Å². The summed E-state index contributed by atoms with van der Waals surface area (Å²) in [6.45, 7) is 3.79. The highest BCUT2D eigenvalue weighted by Crippen LogP contribution is 2.30. The van der Waals surface area contributed by atoms with Gasteiger partial charge in [0.15, 0.2) is 0 Å². The normalized spacial score (nSPS) is 10.5. The molecule has 0 bridgehead atoms. The minimum absolute atomic E-state index is 0.00921. The molecule has 0 aliphatic heterocycles. The number of H-pyrrole nitrogens is 1. The van der Waals surface area contributed by atoms with Crippen molar-refractivity contribution in [1.82, 2.24) is 4.98 Å². The first-order valence-electron chi connectivity index (χ1n) is 6.06. The molecule has 1 aromatic heterocycles. The van der Waals surface area contributed by atoms with E-state index in [-0.39, 0.29) is 12.6 Å². The summed E-state index contributed by atoms with van der Waals surface area (Å²) >= 11 is 0. The van der Waals surface area contributed by atoms with Crippen molar-refractivity contribution in [2.24, 2.45) is 0 Å².